The van der Waals surface area contributed by atoms with Gasteiger partial charge in [0.15, 0.2) is 5.01 Å². The summed E-state index contributed by atoms with van der Waals surface area (Å²) in [4.78, 5) is 14.0. The Balaban J connectivity index is 2.59. The lowest BCUT2D eigenvalue weighted by Crippen LogP contribution is -2.03. The molecule has 16 heavy (non-hydrogen) atoms. The molecule has 2 aromatic rings. The second-order valence-electron chi connectivity index (χ2n) is 3.00. The van der Waals surface area contributed by atoms with Crippen LogP contribution in [0, 0.1) is 0 Å². The van der Waals surface area contributed by atoms with E-state index < -0.39 is 17.2 Å². The van der Waals surface area contributed by atoms with Crippen LogP contribution in [0.4, 0.5) is 13.2 Å². The summed E-state index contributed by atoms with van der Waals surface area (Å²) < 4.78 is 37.3. The number of benzene rings is 1. The van der Waals surface area contributed by atoms with Gasteiger partial charge < -0.3 is 5.11 Å². The second kappa shape index (κ2) is 3.44. The maximum Gasteiger partial charge on any atom is 0.443 e. The molecule has 7 heteroatoms. The third-order valence-electron chi connectivity index (χ3n) is 1.88. The molecule has 0 saturated carbocycles. The lowest BCUT2D eigenvalue weighted by atomic mass is 10.2. The SMILES string of the molecule is O=C(O)c1ccc2sc(C(F)(F)F)nc2c1. The number of thiazole rings is 1. The minimum atomic E-state index is -4.49. The van der Waals surface area contributed by atoms with Crippen LogP contribution in [0.1, 0.15) is 15.4 Å². The van der Waals surface area contributed by atoms with E-state index in [0.29, 0.717) is 16.0 Å². The van der Waals surface area contributed by atoms with Crippen LogP contribution >= 0.6 is 11.3 Å². The number of carboxylic acid groups (broad SMARTS) is 1. The smallest absolute Gasteiger partial charge is 0.443 e. The molecule has 3 nitrogen and oxygen atoms in total. The molecule has 0 aliphatic carbocycles. The van der Waals surface area contributed by atoms with Crippen LogP contribution in [0.2, 0.25) is 0 Å². The number of aromatic carboxylic acids is 1. The van der Waals surface area contributed by atoms with Crippen LogP contribution in [0.5, 0.6) is 0 Å². The van der Waals surface area contributed by atoms with Crippen LogP contribution in [0.25, 0.3) is 10.2 Å². The van der Waals surface area contributed by atoms with Crippen LogP contribution in [0.15, 0.2) is 18.2 Å². The molecule has 0 amide bonds. The van der Waals surface area contributed by atoms with Crippen LogP contribution < -0.4 is 0 Å². The summed E-state index contributed by atoms with van der Waals surface area (Å²) in [6.07, 6.45) is -4.49. The summed E-state index contributed by atoms with van der Waals surface area (Å²) >= 11 is 0.496. The highest BCUT2D eigenvalue weighted by atomic mass is 32.1. The van der Waals surface area contributed by atoms with Gasteiger partial charge in [0.05, 0.1) is 15.8 Å². The van der Waals surface area contributed by atoms with Gasteiger partial charge in [-0.3, -0.25) is 0 Å². The number of carboxylic acids is 1. The van der Waals surface area contributed by atoms with Crippen molar-refractivity contribution in [3.8, 4) is 0 Å². The third-order valence-corrected chi connectivity index (χ3v) is 2.96. The molecule has 0 fully saturated rings. The van der Waals surface area contributed by atoms with Gasteiger partial charge in [-0.25, -0.2) is 9.78 Å². The number of nitrogens with zero attached hydrogens (tertiary/aromatic N) is 1. The molecule has 0 bridgehead atoms. The van der Waals surface area contributed by atoms with Crippen molar-refractivity contribution in [3.05, 3.63) is 28.8 Å². The quantitative estimate of drug-likeness (QED) is 0.842. The predicted molar refractivity (Wildman–Crippen MR) is 51.6 cm³/mol. The van der Waals surface area contributed by atoms with Crippen molar-refractivity contribution < 1.29 is 23.1 Å². The number of aromatic nitrogens is 1. The van der Waals surface area contributed by atoms with Crippen LogP contribution in [0.3, 0.4) is 0 Å². The Kier molecular flexibility index (Phi) is 2.34. The van der Waals surface area contributed by atoms with E-state index in [0.717, 1.165) is 6.07 Å². The Labute approximate surface area is 91.2 Å². The summed E-state index contributed by atoms with van der Waals surface area (Å²) in [6.45, 7) is 0. The summed E-state index contributed by atoms with van der Waals surface area (Å²) in [5, 5.41) is 7.70. The number of fused-ring (bicyclic) bond motifs is 1. The number of rotatable bonds is 1. The van der Waals surface area contributed by atoms with Crippen molar-refractivity contribution in [1.29, 1.82) is 0 Å². The minimum absolute atomic E-state index is 0.0530. The van der Waals surface area contributed by atoms with Crippen molar-refractivity contribution in [3.63, 3.8) is 0 Å². The van der Waals surface area contributed by atoms with Gasteiger partial charge in [0.25, 0.3) is 0 Å². The normalized spacial score (nSPS) is 11.9. The zero-order valence-electron chi connectivity index (χ0n) is 7.58. The van der Waals surface area contributed by atoms with E-state index >= 15 is 0 Å². The lowest BCUT2D eigenvalue weighted by Gasteiger charge is -1.98. The minimum Gasteiger partial charge on any atom is -0.478 e. The standard InChI is InChI=1S/C9H4F3NO2S/c10-9(11,12)8-13-5-3-4(7(14)15)1-2-6(5)16-8/h1-3H,(H,14,15). The van der Waals surface area contributed by atoms with Crippen molar-refractivity contribution in [1.82, 2.24) is 4.98 Å². The maximum atomic E-state index is 12.3. The third kappa shape index (κ3) is 1.85. The number of alkyl halides is 3. The van der Waals surface area contributed by atoms with E-state index in [1.807, 2.05) is 0 Å². The number of hydrogen-bond acceptors (Lipinski definition) is 3. The monoisotopic (exact) mass is 247 g/mol. The molecule has 1 aromatic carbocycles. The molecular weight excluding hydrogens is 243 g/mol. The van der Waals surface area contributed by atoms with E-state index in [1.54, 1.807) is 0 Å². The molecule has 0 saturated heterocycles. The molecule has 2 rings (SSSR count). The molecule has 0 atom stereocenters. The first-order valence-corrected chi connectivity index (χ1v) is 4.90. The van der Waals surface area contributed by atoms with E-state index in [2.05, 4.69) is 4.98 Å². The van der Waals surface area contributed by atoms with Crippen molar-refractivity contribution in [2.75, 3.05) is 0 Å². The summed E-state index contributed by atoms with van der Waals surface area (Å²) in [5.41, 5.74) is -0.0243. The van der Waals surface area contributed by atoms with Gasteiger partial charge in [-0.05, 0) is 18.2 Å². The number of carbonyl (C=O) groups is 1. The summed E-state index contributed by atoms with van der Waals surface area (Å²) in [7, 11) is 0. The molecular formula is C9H4F3NO2S. The number of halogens is 3. The van der Waals surface area contributed by atoms with Crippen molar-refractivity contribution in [2.45, 2.75) is 6.18 Å². The molecule has 1 N–H and O–H groups in total. The highest BCUT2D eigenvalue weighted by Gasteiger charge is 2.34. The maximum absolute atomic E-state index is 12.3. The average Bonchev–Trinajstić information content (AvgIpc) is 2.58. The molecule has 0 aliphatic heterocycles. The fourth-order valence-electron chi connectivity index (χ4n) is 1.18. The Morgan fingerprint density at radius 1 is 1.38 bits per heavy atom. The Bertz CT molecular complexity index is 561. The molecule has 0 unspecified atom stereocenters. The lowest BCUT2D eigenvalue weighted by molar-refractivity contribution is -0.137. The predicted octanol–water partition coefficient (Wildman–Crippen LogP) is 3.01. The zero-order valence-corrected chi connectivity index (χ0v) is 8.39. The van der Waals surface area contributed by atoms with E-state index in [4.69, 9.17) is 5.11 Å². The summed E-state index contributed by atoms with van der Waals surface area (Å²) in [5.74, 6) is -1.19. The van der Waals surface area contributed by atoms with Gasteiger partial charge in [0.2, 0.25) is 0 Å². The first-order valence-electron chi connectivity index (χ1n) is 4.09. The highest BCUT2D eigenvalue weighted by Crippen LogP contribution is 2.35. The Morgan fingerprint density at radius 2 is 2.06 bits per heavy atom. The van der Waals surface area contributed by atoms with Crippen molar-refractivity contribution in [2.24, 2.45) is 0 Å². The highest BCUT2D eigenvalue weighted by molar-refractivity contribution is 7.18. The van der Waals surface area contributed by atoms with Crippen LogP contribution in [-0.2, 0) is 6.18 Å². The fourth-order valence-corrected chi connectivity index (χ4v) is 1.99. The zero-order chi connectivity index (χ0) is 11.9. The van der Waals surface area contributed by atoms with E-state index in [1.165, 1.54) is 12.1 Å². The second-order valence-corrected chi connectivity index (χ2v) is 4.04. The molecule has 0 spiro atoms. The largest absolute Gasteiger partial charge is 0.478 e. The first-order chi connectivity index (χ1) is 7.38. The topological polar surface area (TPSA) is 50.2 Å². The Morgan fingerprint density at radius 3 is 2.62 bits per heavy atom. The van der Waals surface area contributed by atoms with Gasteiger partial charge in [0.1, 0.15) is 0 Å². The number of hydrogen-bond donors (Lipinski definition) is 1. The molecule has 0 radical (unpaired) electrons. The molecule has 0 aliphatic rings. The van der Waals surface area contributed by atoms with Gasteiger partial charge in [-0.2, -0.15) is 13.2 Å². The van der Waals surface area contributed by atoms with Gasteiger partial charge >= 0.3 is 12.1 Å². The molecule has 84 valence electrons. The molecule has 1 heterocycles. The first kappa shape index (κ1) is 10.9. The van der Waals surface area contributed by atoms with Gasteiger partial charge in [0, 0.05) is 0 Å². The molecule has 1 aromatic heterocycles. The van der Waals surface area contributed by atoms with Gasteiger partial charge in [-0.1, -0.05) is 0 Å². The van der Waals surface area contributed by atoms with E-state index in [9.17, 15) is 18.0 Å². The summed E-state index contributed by atoms with van der Waals surface area (Å²) in [6, 6.07) is 3.71. The van der Waals surface area contributed by atoms with Gasteiger partial charge in [-0.15, -0.1) is 11.3 Å². The van der Waals surface area contributed by atoms with Crippen LogP contribution in [-0.4, -0.2) is 16.1 Å². The fraction of sp³-hybridized carbons (Fsp3) is 0.111. The Hall–Kier alpha value is -1.63. The average molecular weight is 247 g/mol. The van der Waals surface area contributed by atoms with Crippen molar-refractivity contribution >= 4 is 27.5 Å². The van der Waals surface area contributed by atoms with E-state index in [-0.39, 0.29) is 11.1 Å².